The Kier molecular flexibility index (Phi) is 3.79. The lowest BCUT2D eigenvalue weighted by Gasteiger charge is -2.28. The molecule has 0 fully saturated rings. The monoisotopic (exact) mass is 218 g/mol. The van der Waals surface area contributed by atoms with Crippen LogP contribution in [0.25, 0.3) is 6.08 Å². The van der Waals surface area contributed by atoms with Crippen LogP contribution in [0.2, 0.25) is 0 Å². The maximum atomic E-state index is 10.1. The van der Waals surface area contributed by atoms with Crippen LogP contribution in [0.4, 0.5) is 0 Å². The van der Waals surface area contributed by atoms with Crippen LogP contribution in [0.3, 0.4) is 0 Å². The van der Waals surface area contributed by atoms with E-state index in [9.17, 15) is 5.11 Å². The first-order valence-electron chi connectivity index (χ1n) is 5.89. The van der Waals surface area contributed by atoms with E-state index in [-0.39, 0.29) is 5.41 Å². The summed E-state index contributed by atoms with van der Waals surface area (Å²) in [6.45, 7) is 12.3. The summed E-state index contributed by atoms with van der Waals surface area (Å²) in [6, 6.07) is 3.88. The highest BCUT2D eigenvalue weighted by Gasteiger charge is 2.25. The van der Waals surface area contributed by atoms with E-state index in [4.69, 9.17) is 0 Å². The molecule has 0 heterocycles. The molecule has 0 unspecified atom stereocenters. The van der Waals surface area contributed by atoms with Gasteiger partial charge in [0.15, 0.2) is 0 Å². The molecule has 0 amide bonds. The molecule has 0 radical (unpaired) electrons. The van der Waals surface area contributed by atoms with E-state index >= 15 is 0 Å². The van der Waals surface area contributed by atoms with Crippen molar-refractivity contribution in [3.8, 4) is 5.75 Å². The summed E-state index contributed by atoms with van der Waals surface area (Å²) >= 11 is 0. The Morgan fingerprint density at radius 2 is 2.00 bits per heavy atom. The van der Waals surface area contributed by atoms with Crippen molar-refractivity contribution in [3.05, 3.63) is 35.4 Å². The first kappa shape index (κ1) is 12.8. The number of hydrogen-bond acceptors (Lipinski definition) is 1. The van der Waals surface area contributed by atoms with Crippen molar-refractivity contribution in [1.29, 1.82) is 0 Å². The molecule has 0 atom stereocenters. The third-order valence-corrected chi connectivity index (χ3v) is 3.12. The molecule has 1 aromatic carbocycles. The lowest BCUT2D eigenvalue weighted by molar-refractivity contribution is 0.415. The lowest BCUT2D eigenvalue weighted by atomic mass is 9.77. The van der Waals surface area contributed by atoms with Crippen LogP contribution in [0.1, 0.15) is 50.3 Å². The van der Waals surface area contributed by atoms with Gasteiger partial charge in [0.2, 0.25) is 0 Å². The van der Waals surface area contributed by atoms with Crippen molar-refractivity contribution in [3.63, 3.8) is 0 Å². The van der Waals surface area contributed by atoms with E-state index in [0.717, 1.165) is 29.5 Å². The first-order chi connectivity index (χ1) is 7.42. The summed E-state index contributed by atoms with van der Waals surface area (Å²) in [6.07, 6.45) is 3.97. The summed E-state index contributed by atoms with van der Waals surface area (Å²) in [5, 5.41) is 10.1. The molecule has 0 aliphatic heterocycles. The quantitative estimate of drug-likeness (QED) is 0.793. The minimum absolute atomic E-state index is 0.0304. The minimum atomic E-state index is 0.0304. The molecule has 0 aromatic heterocycles. The Bertz CT molecular complexity index is 365. The third kappa shape index (κ3) is 2.46. The van der Waals surface area contributed by atoms with Crippen molar-refractivity contribution >= 4 is 6.08 Å². The minimum Gasteiger partial charge on any atom is -0.508 e. The van der Waals surface area contributed by atoms with E-state index < -0.39 is 0 Å². The molecule has 16 heavy (non-hydrogen) atoms. The third-order valence-electron chi connectivity index (χ3n) is 3.12. The largest absolute Gasteiger partial charge is 0.508 e. The molecule has 0 spiro atoms. The van der Waals surface area contributed by atoms with Gasteiger partial charge in [0.1, 0.15) is 5.75 Å². The molecule has 88 valence electrons. The Balaban J connectivity index is 3.29. The number of phenols is 1. The van der Waals surface area contributed by atoms with Crippen LogP contribution in [-0.4, -0.2) is 5.11 Å². The Labute approximate surface area is 98.8 Å². The highest BCUT2D eigenvalue weighted by Crippen LogP contribution is 2.37. The van der Waals surface area contributed by atoms with Crippen LogP contribution in [0, 0.1) is 6.92 Å². The highest BCUT2D eigenvalue weighted by molar-refractivity contribution is 5.56. The Morgan fingerprint density at radius 3 is 2.44 bits per heavy atom. The van der Waals surface area contributed by atoms with Gasteiger partial charge in [-0.3, -0.25) is 0 Å². The number of phenolic OH excluding ortho intramolecular Hbond substituents is 1. The van der Waals surface area contributed by atoms with Crippen molar-refractivity contribution in [2.24, 2.45) is 0 Å². The van der Waals surface area contributed by atoms with E-state index in [2.05, 4.69) is 40.3 Å². The zero-order valence-electron chi connectivity index (χ0n) is 10.8. The van der Waals surface area contributed by atoms with E-state index in [1.165, 1.54) is 0 Å². The zero-order valence-corrected chi connectivity index (χ0v) is 10.8. The average molecular weight is 218 g/mol. The molecule has 0 aliphatic carbocycles. The molecule has 1 nitrogen and oxygen atoms in total. The van der Waals surface area contributed by atoms with Gasteiger partial charge >= 0.3 is 0 Å². The van der Waals surface area contributed by atoms with Gasteiger partial charge in [0.25, 0.3) is 0 Å². The maximum Gasteiger partial charge on any atom is 0.120 e. The number of rotatable bonds is 4. The standard InChI is InChI=1S/C15H22O/c1-6-8-15(4,5)14-11(3)9-12(7-2)10-13(14)16/h7,9-10,16H,2,6,8H2,1,3-5H3. The van der Waals surface area contributed by atoms with E-state index in [1.54, 1.807) is 12.1 Å². The second-order valence-electron chi connectivity index (χ2n) is 5.07. The van der Waals surface area contributed by atoms with Crippen molar-refractivity contribution < 1.29 is 5.11 Å². The second kappa shape index (κ2) is 4.73. The van der Waals surface area contributed by atoms with Crippen molar-refractivity contribution in [1.82, 2.24) is 0 Å². The van der Waals surface area contributed by atoms with Crippen LogP contribution in [0.5, 0.6) is 5.75 Å². The number of aromatic hydroxyl groups is 1. The van der Waals surface area contributed by atoms with Crippen molar-refractivity contribution in [2.75, 3.05) is 0 Å². The number of hydrogen-bond donors (Lipinski definition) is 1. The molecular formula is C15H22O. The fourth-order valence-corrected chi connectivity index (χ4v) is 2.54. The van der Waals surface area contributed by atoms with E-state index in [0.29, 0.717) is 5.75 Å². The summed E-state index contributed by atoms with van der Waals surface area (Å²) < 4.78 is 0. The van der Waals surface area contributed by atoms with E-state index in [1.807, 2.05) is 0 Å². The molecule has 0 bridgehead atoms. The number of benzene rings is 1. The number of aryl methyl sites for hydroxylation is 1. The van der Waals surface area contributed by atoms with Gasteiger partial charge in [-0.2, -0.15) is 0 Å². The van der Waals surface area contributed by atoms with Gasteiger partial charge in [-0.1, -0.05) is 45.9 Å². The molecule has 1 heteroatoms. The SMILES string of the molecule is C=Cc1cc(C)c(C(C)(C)CCC)c(O)c1. The van der Waals surface area contributed by atoms with Gasteiger partial charge in [-0.15, -0.1) is 0 Å². The second-order valence-corrected chi connectivity index (χ2v) is 5.07. The molecule has 0 saturated heterocycles. The predicted octanol–water partition coefficient (Wildman–Crippen LogP) is 4.42. The van der Waals surface area contributed by atoms with Crippen molar-refractivity contribution in [2.45, 2.75) is 46.0 Å². The van der Waals surface area contributed by atoms with Gasteiger partial charge in [-0.25, -0.2) is 0 Å². The lowest BCUT2D eigenvalue weighted by Crippen LogP contribution is -2.18. The molecule has 0 saturated carbocycles. The van der Waals surface area contributed by atoms with Gasteiger partial charge in [-0.05, 0) is 36.0 Å². The average Bonchev–Trinajstić information content (AvgIpc) is 2.15. The topological polar surface area (TPSA) is 20.2 Å². The predicted molar refractivity (Wildman–Crippen MR) is 70.9 cm³/mol. The van der Waals surface area contributed by atoms with Crippen LogP contribution >= 0.6 is 0 Å². The molecule has 1 rings (SSSR count). The zero-order chi connectivity index (χ0) is 12.3. The Morgan fingerprint density at radius 1 is 1.38 bits per heavy atom. The summed E-state index contributed by atoms with van der Waals surface area (Å²) in [7, 11) is 0. The van der Waals surface area contributed by atoms with Gasteiger partial charge in [0.05, 0.1) is 0 Å². The summed E-state index contributed by atoms with van der Waals surface area (Å²) in [4.78, 5) is 0. The maximum absolute atomic E-state index is 10.1. The first-order valence-corrected chi connectivity index (χ1v) is 5.89. The normalized spacial score (nSPS) is 11.5. The van der Waals surface area contributed by atoms with Gasteiger partial charge in [0, 0.05) is 5.56 Å². The summed E-state index contributed by atoms with van der Waals surface area (Å²) in [5.74, 6) is 0.397. The van der Waals surface area contributed by atoms with Crippen LogP contribution in [0.15, 0.2) is 18.7 Å². The van der Waals surface area contributed by atoms with Crippen LogP contribution in [-0.2, 0) is 5.41 Å². The Hall–Kier alpha value is -1.24. The highest BCUT2D eigenvalue weighted by atomic mass is 16.3. The molecular weight excluding hydrogens is 196 g/mol. The fraction of sp³-hybridized carbons (Fsp3) is 0.467. The molecule has 1 aromatic rings. The summed E-state index contributed by atoms with van der Waals surface area (Å²) in [5.41, 5.74) is 3.22. The smallest absolute Gasteiger partial charge is 0.120 e. The van der Waals surface area contributed by atoms with Crippen LogP contribution < -0.4 is 0 Å². The van der Waals surface area contributed by atoms with Gasteiger partial charge < -0.3 is 5.11 Å². The molecule has 1 N–H and O–H groups in total. The fourth-order valence-electron chi connectivity index (χ4n) is 2.54. The molecule has 0 aliphatic rings.